The van der Waals surface area contributed by atoms with E-state index in [9.17, 15) is 0 Å². The molecule has 0 aromatic heterocycles. The number of nitrogens with zero attached hydrogens (tertiary/aromatic N) is 2. The van der Waals surface area contributed by atoms with Gasteiger partial charge in [-0.3, -0.25) is 0 Å². The monoisotopic (exact) mass is 289 g/mol. The molecule has 0 saturated carbocycles. The Morgan fingerprint density at radius 3 is 1.81 bits per heavy atom. The van der Waals surface area contributed by atoms with E-state index >= 15 is 0 Å². The molecule has 2 fully saturated rings. The number of likely N-dealkylation sites (tertiary alicyclic amines) is 1. The molecular formula is C19H33N2+. The van der Waals surface area contributed by atoms with Crippen LogP contribution in [0.15, 0.2) is 24.4 Å². The lowest BCUT2D eigenvalue weighted by molar-refractivity contribution is -0.525. The predicted octanol–water partition coefficient (Wildman–Crippen LogP) is 4.37. The van der Waals surface area contributed by atoms with E-state index in [1.54, 1.807) is 0 Å². The smallest absolute Gasteiger partial charge is 0.163 e. The second-order valence-electron chi connectivity index (χ2n) is 6.48. The molecule has 21 heavy (non-hydrogen) atoms. The van der Waals surface area contributed by atoms with Crippen molar-refractivity contribution in [3.63, 3.8) is 0 Å². The summed E-state index contributed by atoms with van der Waals surface area (Å²) in [5.74, 6) is 0. The summed E-state index contributed by atoms with van der Waals surface area (Å²) in [4.78, 5) is 2.49. The van der Waals surface area contributed by atoms with E-state index < -0.39 is 0 Å². The van der Waals surface area contributed by atoms with Gasteiger partial charge in [-0.25, -0.2) is 4.58 Å². The second kappa shape index (κ2) is 10.6. The molecule has 2 rings (SSSR count). The highest BCUT2D eigenvalue weighted by atomic mass is 15.1. The standard InChI is InChI=1S/C19H33N2/c1-3-8-14-20(15-9-4-1)18-12-7-13-19-21-16-10-5-2-6-11-17-21/h7,12-13,18-19H,1-6,8-11,14-17H2/q+1. The Labute approximate surface area is 131 Å². The van der Waals surface area contributed by atoms with Crippen molar-refractivity contribution in [2.75, 3.05) is 26.2 Å². The molecule has 0 amide bonds. The molecule has 2 aliphatic rings. The first kappa shape index (κ1) is 16.3. The Hall–Kier alpha value is -1.05. The molecule has 0 aromatic carbocycles. The van der Waals surface area contributed by atoms with Gasteiger partial charge >= 0.3 is 0 Å². The van der Waals surface area contributed by atoms with Crippen LogP contribution in [0.1, 0.15) is 64.2 Å². The summed E-state index contributed by atoms with van der Waals surface area (Å²) >= 11 is 0. The van der Waals surface area contributed by atoms with Crippen molar-refractivity contribution in [1.29, 1.82) is 0 Å². The maximum atomic E-state index is 2.49. The number of rotatable bonds is 3. The first-order chi connectivity index (χ1) is 10.4. The van der Waals surface area contributed by atoms with Crippen molar-refractivity contribution in [2.45, 2.75) is 64.2 Å². The maximum absolute atomic E-state index is 2.49. The van der Waals surface area contributed by atoms with Crippen LogP contribution in [0.3, 0.4) is 0 Å². The van der Waals surface area contributed by atoms with Crippen LogP contribution < -0.4 is 0 Å². The van der Waals surface area contributed by atoms with Gasteiger partial charge in [-0.1, -0.05) is 31.8 Å². The zero-order valence-corrected chi connectivity index (χ0v) is 13.7. The zero-order valence-electron chi connectivity index (χ0n) is 13.7. The molecule has 0 atom stereocenters. The summed E-state index contributed by atoms with van der Waals surface area (Å²) in [5.41, 5.74) is 0. The Bertz CT molecular complexity index is 337. The Morgan fingerprint density at radius 2 is 1.14 bits per heavy atom. The number of hydrogen-bond donors (Lipinski definition) is 0. The van der Waals surface area contributed by atoms with Gasteiger partial charge in [0.05, 0.1) is 0 Å². The molecule has 2 heterocycles. The summed E-state index contributed by atoms with van der Waals surface area (Å²) < 4.78 is 2.49. The lowest BCUT2D eigenvalue weighted by Gasteiger charge is -2.22. The molecule has 0 bridgehead atoms. The fraction of sp³-hybridized carbons (Fsp3) is 0.737. The highest BCUT2D eigenvalue weighted by molar-refractivity contribution is 5.66. The van der Waals surface area contributed by atoms with Gasteiger partial charge in [0.1, 0.15) is 13.1 Å². The quantitative estimate of drug-likeness (QED) is 0.552. The van der Waals surface area contributed by atoms with E-state index in [-0.39, 0.29) is 0 Å². The molecule has 0 unspecified atom stereocenters. The lowest BCUT2D eigenvalue weighted by Crippen LogP contribution is -2.21. The van der Waals surface area contributed by atoms with E-state index in [4.69, 9.17) is 0 Å². The molecule has 0 aliphatic carbocycles. The third kappa shape index (κ3) is 7.50. The van der Waals surface area contributed by atoms with E-state index in [1.807, 2.05) is 0 Å². The van der Waals surface area contributed by atoms with Crippen LogP contribution in [0.4, 0.5) is 0 Å². The Balaban J connectivity index is 1.73. The van der Waals surface area contributed by atoms with Crippen LogP contribution in [-0.4, -0.2) is 41.9 Å². The van der Waals surface area contributed by atoms with Gasteiger partial charge in [0, 0.05) is 32.0 Å². The third-order valence-corrected chi connectivity index (χ3v) is 4.60. The minimum Gasteiger partial charge on any atom is -0.377 e. The van der Waals surface area contributed by atoms with Crippen LogP contribution >= 0.6 is 0 Å². The molecule has 2 nitrogen and oxygen atoms in total. The summed E-state index contributed by atoms with van der Waals surface area (Å²) in [6, 6.07) is 0. The van der Waals surface area contributed by atoms with Crippen molar-refractivity contribution >= 4 is 6.21 Å². The topological polar surface area (TPSA) is 6.25 Å². The summed E-state index contributed by atoms with van der Waals surface area (Å²) in [7, 11) is 0. The molecular weight excluding hydrogens is 256 g/mol. The van der Waals surface area contributed by atoms with Gasteiger partial charge in [0.25, 0.3) is 0 Å². The fourth-order valence-electron chi connectivity index (χ4n) is 3.25. The van der Waals surface area contributed by atoms with Crippen molar-refractivity contribution in [3.8, 4) is 0 Å². The van der Waals surface area contributed by atoms with Crippen molar-refractivity contribution in [1.82, 2.24) is 4.90 Å². The minimum atomic E-state index is 1.24. The van der Waals surface area contributed by atoms with Gasteiger partial charge in [-0.05, 0) is 38.0 Å². The van der Waals surface area contributed by atoms with Crippen molar-refractivity contribution < 1.29 is 4.58 Å². The molecule has 2 aliphatic heterocycles. The van der Waals surface area contributed by atoms with E-state index in [0.717, 1.165) is 0 Å². The fourth-order valence-corrected chi connectivity index (χ4v) is 3.25. The second-order valence-corrected chi connectivity index (χ2v) is 6.48. The molecule has 0 aromatic rings. The first-order valence-corrected chi connectivity index (χ1v) is 9.11. The number of hydrogen-bond acceptors (Lipinski definition) is 1. The van der Waals surface area contributed by atoms with Gasteiger partial charge in [0.2, 0.25) is 0 Å². The lowest BCUT2D eigenvalue weighted by atomic mass is 10.1. The molecule has 2 saturated heterocycles. The van der Waals surface area contributed by atoms with Crippen LogP contribution in [0.25, 0.3) is 0 Å². The van der Waals surface area contributed by atoms with Crippen molar-refractivity contribution in [2.24, 2.45) is 0 Å². The number of allylic oxidation sites excluding steroid dienone is 3. The predicted molar refractivity (Wildman–Crippen MR) is 92.1 cm³/mol. The highest BCUT2D eigenvalue weighted by Gasteiger charge is 2.06. The van der Waals surface area contributed by atoms with E-state index in [2.05, 4.69) is 40.1 Å². The Morgan fingerprint density at radius 1 is 0.571 bits per heavy atom. The molecule has 0 spiro atoms. The van der Waals surface area contributed by atoms with Gasteiger partial charge in [-0.2, -0.15) is 0 Å². The summed E-state index contributed by atoms with van der Waals surface area (Å²) in [6.07, 6.45) is 25.1. The van der Waals surface area contributed by atoms with Crippen LogP contribution in [0.2, 0.25) is 0 Å². The van der Waals surface area contributed by atoms with Crippen LogP contribution in [-0.2, 0) is 0 Å². The third-order valence-electron chi connectivity index (χ3n) is 4.60. The minimum absolute atomic E-state index is 1.24. The SMILES string of the molecule is C(=CC=[N+]1CCCCCCC1)C=CN1CCCCCCC1. The van der Waals surface area contributed by atoms with Crippen LogP contribution in [0.5, 0.6) is 0 Å². The average Bonchev–Trinajstić information content (AvgIpc) is 2.42. The average molecular weight is 289 g/mol. The summed E-state index contributed by atoms with van der Waals surface area (Å²) in [5, 5.41) is 0. The molecule has 2 heteroatoms. The summed E-state index contributed by atoms with van der Waals surface area (Å²) in [6.45, 7) is 4.95. The molecule has 118 valence electrons. The van der Waals surface area contributed by atoms with E-state index in [0.29, 0.717) is 0 Å². The normalized spacial score (nSPS) is 22.9. The van der Waals surface area contributed by atoms with E-state index in [1.165, 1.54) is 90.4 Å². The Kier molecular flexibility index (Phi) is 8.27. The van der Waals surface area contributed by atoms with Crippen LogP contribution in [0, 0.1) is 0 Å². The highest BCUT2D eigenvalue weighted by Crippen LogP contribution is 2.10. The van der Waals surface area contributed by atoms with Crippen molar-refractivity contribution in [3.05, 3.63) is 24.4 Å². The van der Waals surface area contributed by atoms with Gasteiger partial charge in [-0.15, -0.1) is 0 Å². The van der Waals surface area contributed by atoms with Gasteiger partial charge < -0.3 is 4.90 Å². The maximum Gasteiger partial charge on any atom is 0.163 e. The first-order valence-electron chi connectivity index (χ1n) is 9.11. The zero-order chi connectivity index (χ0) is 14.6. The molecule has 0 N–H and O–H groups in total. The largest absolute Gasteiger partial charge is 0.377 e. The van der Waals surface area contributed by atoms with Gasteiger partial charge in [0.15, 0.2) is 6.21 Å². The molecule has 0 radical (unpaired) electrons.